The van der Waals surface area contributed by atoms with Gasteiger partial charge in [-0.2, -0.15) is 0 Å². The van der Waals surface area contributed by atoms with Gasteiger partial charge >= 0.3 is 0 Å². The van der Waals surface area contributed by atoms with Crippen molar-refractivity contribution in [3.05, 3.63) is 39.8 Å². The molecule has 2 aromatic rings. The molecule has 0 spiro atoms. The van der Waals surface area contributed by atoms with Crippen LogP contribution >= 0.6 is 11.3 Å². The Hall–Kier alpha value is -2.58. The molecule has 2 amide bonds. The van der Waals surface area contributed by atoms with E-state index in [1.165, 1.54) is 16.2 Å². The number of amides is 2. The van der Waals surface area contributed by atoms with Crippen LogP contribution < -0.4 is 20.5 Å². The number of nitrogens with two attached hydrogens (primary N) is 1. The van der Waals surface area contributed by atoms with E-state index in [9.17, 15) is 9.59 Å². The molecule has 0 saturated carbocycles. The zero-order valence-electron chi connectivity index (χ0n) is 18.2. The summed E-state index contributed by atoms with van der Waals surface area (Å²) >= 11 is 1.49. The monoisotopic (exact) mass is 443 g/mol. The van der Waals surface area contributed by atoms with Gasteiger partial charge in [0.05, 0.1) is 25.8 Å². The van der Waals surface area contributed by atoms with E-state index in [0.29, 0.717) is 10.6 Å². The number of nitrogens with one attached hydrogen (secondary N) is 1. The average Bonchev–Trinajstić information content (AvgIpc) is 3.48. The van der Waals surface area contributed by atoms with E-state index in [-0.39, 0.29) is 18.0 Å². The van der Waals surface area contributed by atoms with E-state index in [1.54, 1.807) is 14.2 Å². The number of thiophene rings is 1. The maximum atomic E-state index is 13.2. The van der Waals surface area contributed by atoms with Crippen molar-refractivity contribution < 1.29 is 19.1 Å². The first-order chi connectivity index (χ1) is 14.9. The summed E-state index contributed by atoms with van der Waals surface area (Å²) in [6.07, 6.45) is 4.76. The number of carbonyl (C=O) groups is 2. The van der Waals surface area contributed by atoms with Gasteiger partial charge < -0.3 is 20.5 Å². The molecule has 2 aliphatic rings. The number of benzene rings is 1. The smallest absolute Gasteiger partial charge is 0.251 e. The molecular formula is C23H29N3O4S. The van der Waals surface area contributed by atoms with Crippen LogP contribution in [0.2, 0.25) is 0 Å². The molecule has 2 heterocycles. The molecule has 166 valence electrons. The van der Waals surface area contributed by atoms with Crippen LogP contribution in [0, 0.1) is 0 Å². The molecule has 1 aliphatic heterocycles. The van der Waals surface area contributed by atoms with Crippen molar-refractivity contribution in [1.82, 2.24) is 4.90 Å². The normalized spacial score (nSPS) is 19.1. The number of rotatable bonds is 7. The van der Waals surface area contributed by atoms with E-state index < -0.39 is 5.91 Å². The molecule has 1 aromatic heterocycles. The number of likely N-dealkylation sites (tertiary alicyclic amines) is 1. The van der Waals surface area contributed by atoms with E-state index in [2.05, 4.69) is 10.2 Å². The van der Waals surface area contributed by atoms with Gasteiger partial charge in [-0.05, 0) is 57.2 Å². The van der Waals surface area contributed by atoms with Crippen LogP contribution in [0.1, 0.15) is 58.6 Å². The lowest BCUT2D eigenvalue weighted by Gasteiger charge is -2.31. The minimum Gasteiger partial charge on any atom is -0.497 e. The van der Waals surface area contributed by atoms with Crippen LogP contribution in [0.5, 0.6) is 11.5 Å². The third kappa shape index (κ3) is 4.02. The second-order valence-electron chi connectivity index (χ2n) is 8.09. The van der Waals surface area contributed by atoms with E-state index in [4.69, 9.17) is 15.2 Å². The predicted octanol–water partition coefficient (Wildman–Crippen LogP) is 3.52. The van der Waals surface area contributed by atoms with Gasteiger partial charge in [0.2, 0.25) is 5.91 Å². The van der Waals surface area contributed by atoms with Gasteiger partial charge in [0.1, 0.15) is 16.5 Å². The molecule has 3 N–H and O–H groups in total. The van der Waals surface area contributed by atoms with Gasteiger partial charge in [-0.3, -0.25) is 14.5 Å². The van der Waals surface area contributed by atoms with Crippen LogP contribution in [0.4, 0.5) is 5.00 Å². The van der Waals surface area contributed by atoms with E-state index in [1.807, 2.05) is 25.1 Å². The first kappa shape index (κ1) is 21.6. The maximum Gasteiger partial charge on any atom is 0.251 e. The first-order valence-corrected chi connectivity index (χ1v) is 11.5. The summed E-state index contributed by atoms with van der Waals surface area (Å²) < 4.78 is 10.9. The quantitative estimate of drug-likeness (QED) is 0.683. The molecule has 1 fully saturated rings. The molecule has 1 saturated heterocycles. The Morgan fingerprint density at radius 2 is 2.03 bits per heavy atom. The molecule has 8 heteroatoms. The molecule has 1 aliphatic carbocycles. The SMILES string of the molecule is COc1ccc([C@@H]2CCCN2[C@H](C)C(=O)Nc2sc3c(c2C(N)=O)CCC3)c(OC)c1. The number of aryl methyl sites for hydroxylation is 1. The van der Waals surface area contributed by atoms with Crippen molar-refractivity contribution in [2.45, 2.75) is 51.1 Å². The first-order valence-electron chi connectivity index (χ1n) is 10.7. The second-order valence-corrected chi connectivity index (χ2v) is 9.20. The Balaban J connectivity index is 1.55. The third-order valence-electron chi connectivity index (χ3n) is 6.38. The molecule has 7 nitrogen and oxygen atoms in total. The zero-order chi connectivity index (χ0) is 22.1. The largest absolute Gasteiger partial charge is 0.497 e. The number of nitrogens with zero attached hydrogens (tertiary/aromatic N) is 1. The lowest BCUT2D eigenvalue weighted by atomic mass is 10.0. The minimum atomic E-state index is -0.468. The topological polar surface area (TPSA) is 93.9 Å². The van der Waals surface area contributed by atoms with Gasteiger partial charge in [0.15, 0.2) is 0 Å². The number of carbonyl (C=O) groups excluding carboxylic acids is 2. The standard InChI is InChI=1S/C23H29N3O4S/c1-13(22(28)25-23-20(21(24)27)16-6-4-8-19(16)31-23)26-11-5-7-17(26)15-10-9-14(29-2)12-18(15)30-3/h9-10,12-13,17H,4-8,11H2,1-3H3,(H2,24,27)(H,25,28)/t13-,17+/m1/s1. The van der Waals surface area contributed by atoms with Gasteiger partial charge in [-0.25, -0.2) is 0 Å². The molecule has 4 rings (SSSR count). The molecular weight excluding hydrogens is 414 g/mol. The summed E-state index contributed by atoms with van der Waals surface area (Å²) in [6.45, 7) is 2.73. The summed E-state index contributed by atoms with van der Waals surface area (Å²) in [5, 5.41) is 3.59. The Bertz CT molecular complexity index is 1000. The van der Waals surface area contributed by atoms with Gasteiger partial charge in [-0.15, -0.1) is 11.3 Å². The molecule has 0 bridgehead atoms. The molecule has 31 heavy (non-hydrogen) atoms. The van der Waals surface area contributed by atoms with Crippen LogP contribution in [0.25, 0.3) is 0 Å². The fourth-order valence-corrected chi connectivity index (χ4v) is 6.10. The number of hydrogen-bond acceptors (Lipinski definition) is 6. The van der Waals surface area contributed by atoms with Crippen molar-refractivity contribution in [1.29, 1.82) is 0 Å². The average molecular weight is 444 g/mol. The summed E-state index contributed by atoms with van der Waals surface area (Å²) in [7, 11) is 3.28. The van der Waals surface area contributed by atoms with Crippen molar-refractivity contribution >= 4 is 28.2 Å². The molecule has 1 aromatic carbocycles. The lowest BCUT2D eigenvalue weighted by molar-refractivity contribution is -0.121. The Morgan fingerprint density at radius 1 is 1.23 bits per heavy atom. The fourth-order valence-electron chi connectivity index (χ4n) is 4.80. The van der Waals surface area contributed by atoms with Crippen molar-refractivity contribution in [3.8, 4) is 11.5 Å². The Labute approximate surface area is 186 Å². The number of hydrogen-bond donors (Lipinski definition) is 2. The summed E-state index contributed by atoms with van der Waals surface area (Å²) in [6, 6.07) is 5.52. The van der Waals surface area contributed by atoms with Gasteiger partial charge in [0, 0.05) is 22.5 Å². The van der Waals surface area contributed by atoms with Crippen molar-refractivity contribution in [3.63, 3.8) is 0 Å². The number of methoxy groups -OCH3 is 2. The van der Waals surface area contributed by atoms with Crippen molar-refractivity contribution in [2.75, 3.05) is 26.1 Å². The van der Waals surface area contributed by atoms with Crippen LogP contribution in [-0.2, 0) is 17.6 Å². The summed E-state index contributed by atoms with van der Waals surface area (Å²) in [5.41, 5.74) is 8.20. The van der Waals surface area contributed by atoms with Gasteiger partial charge in [0.25, 0.3) is 5.91 Å². The van der Waals surface area contributed by atoms with Crippen LogP contribution in [-0.4, -0.2) is 43.5 Å². The maximum absolute atomic E-state index is 13.2. The minimum absolute atomic E-state index is 0.0746. The van der Waals surface area contributed by atoms with Crippen LogP contribution in [0.3, 0.4) is 0 Å². The number of anilines is 1. The predicted molar refractivity (Wildman–Crippen MR) is 121 cm³/mol. The molecule has 2 atom stereocenters. The molecule has 0 unspecified atom stereocenters. The fraction of sp³-hybridized carbons (Fsp3) is 0.478. The van der Waals surface area contributed by atoms with Crippen molar-refractivity contribution in [2.24, 2.45) is 5.73 Å². The number of ether oxygens (including phenoxy) is 2. The highest BCUT2D eigenvalue weighted by molar-refractivity contribution is 7.17. The highest BCUT2D eigenvalue weighted by Crippen LogP contribution is 2.41. The van der Waals surface area contributed by atoms with E-state index >= 15 is 0 Å². The van der Waals surface area contributed by atoms with Crippen LogP contribution in [0.15, 0.2) is 18.2 Å². The lowest BCUT2D eigenvalue weighted by Crippen LogP contribution is -2.41. The number of fused-ring (bicyclic) bond motifs is 1. The third-order valence-corrected chi connectivity index (χ3v) is 7.58. The summed E-state index contributed by atoms with van der Waals surface area (Å²) in [5.74, 6) is 0.904. The highest BCUT2D eigenvalue weighted by Gasteiger charge is 2.35. The highest BCUT2D eigenvalue weighted by atomic mass is 32.1. The van der Waals surface area contributed by atoms with E-state index in [0.717, 1.165) is 61.3 Å². The second kappa shape index (κ2) is 8.88. The zero-order valence-corrected chi connectivity index (χ0v) is 19.0. The Kier molecular flexibility index (Phi) is 6.20. The summed E-state index contributed by atoms with van der Waals surface area (Å²) in [4.78, 5) is 28.6. The number of primary amides is 1. The van der Waals surface area contributed by atoms with Gasteiger partial charge in [-0.1, -0.05) is 6.07 Å². The Morgan fingerprint density at radius 3 is 2.74 bits per heavy atom. The molecule has 0 radical (unpaired) electrons.